The second-order valence-electron chi connectivity index (χ2n) is 4.90. The van der Waals surface area contributed by atoms with Gasteiger partial charge in [0.05, 0.1) is 0 Å². The lowest BCUT2D eigenvalue weighted by atomic mass is 10.1. The first-order valence-corrected chi connectivity index (χ1v) is 7.00. The van der Waals surface area contributed by atoms with Gasteiger partial charge in [-0.1, -0.05) is 6.07 Å². The molecule has 0 aliphatic carbocycles. The van der Waals surface area contributed by atoms with Crippen LogP contribution in [-0.2, 0) is 4.79 Å². The number of nitrogens with one attached hydrogen (secondary N) is 1. The summed E-state index contributed by atoms with van der Waals surface area (Å²) in [4.78, 5) is 27.2. The highest BCUT2D eigenvalue weighted by Crippen LogP contribution is 2.18. The number of anilines is 1. The zero-order valence-electron chi connectivity index (χ0n) is 12.1. The van der Waals surface area contributed by atoms with Crippen molar-refractivity contribution in [2.24, 2.45) is 0 Å². The van der Waals surface area contributed by atoms with E-state index in [1.165, 1.54) is 0 Å². The maximum atomic E-state index is 11.8. The minimum atomic E-state index is -0.0447. The van der Waals surface area contributed by atoms with Crippen LogP contribution in [0.4, 0.5) is 5.69 Å². The summed E-state index contributed by atoms with van der Waals surface area (Å²) in [5.41, 5.74) is 1.72. The van der Waals surface area contributed by atoms with Crippen LogP contribution in [0.3, 0.4) is 0 Å². The maximum absolute atomic E-state index is 11.8. The molecule has 1 heterocycles. The summed E-state index contributed by atoms with van der Waals surface area (Å²) < 4.78 is 0. The number of hydrogen-bond donors (Lipinski definition) is 1. The van der Waals surface area contributed by atoms with Gasteiger partial charge in [-0.2, -0.15) is 0 Å². The first kappa shape index (κ1) is 14.4. The Kier molecular flexibility index (Phi) is 4.61. The third-order valence-corrected chi connectivity index (χ3v) is 3.54. The first-order valence-electron chi connectivity index (χ1n) is 7.00. The predicted octanol–water partition coefficient (Wildman–Crippen LogP) is 1.10. The SMILES string of the molecule is CCNC(=O)c1cccc(N2CCN(C(C)=O)CC2)c1. The Labute approximate surface area is 119 Å². The molecule has 2 rings (SSSR count). The molecule has 0 bridgehead atoms. The van der Waals surface area contributed by atoms with Gasteiger partial charge in [0.15, 0.2) is 0 Å². The molecule has 108 valence electrons. The number of carbonyl (C=O) groups is 2. The lowest BCUT2D eigenvalue weighted by molar-refractivity contribution is -0.129. The van der Waals surface area contributed by atoms with Gasteiger partial charge in [0.2, 0.25) is 5.91 Å². The third kappa shape index (κ3) is 3.29. The number of nitrogens with zero attached hydrogens (tertiary/aromatic N) is 2. The summed E-state index contributed by atoms with van der Waals surface area (Å²) in [6.45, 7) is 7.22. The van der Waals surface area contributed by atoms with Crippen molar-refractivity contribution in [3.8, 4) is 0 Å². The van der Waals surface area contributed by atoms with Crippen LogP contribution in [0.5, 0.6) is 0 Å². The van der Waals surface area contributed by atoms with Gasteiger partial charge < -0.3 is 15.1 Å². The fraction of sp³-hybridized carbons (Fsp3) is 0.467. The van der Waals surface area contributed by atoms with E-state index in [9.17, 15) is 9.59 Å². The average molecular weight is 275 g/mol. The minimum absolute atomic E-state index is 0.0447. The van der Waals surface area contributed by atoms with Crippen LogP contribution in [-0.4, -0.2) is 49.4 Å². The quantitative estimate of drug-likeness (QED) is 0.899. The van der Waals surface area contributed by atoms with E-state index in [4.69, 9.17) is 0 Å². The molecule has 1 aromatic carbocycles. The van der Waals surface area contributed by atoms with Gasteiger partial charge in [-0.3, -0.25) is 9.59 Å². The molecule has 0 aromatic heterocycles. The molecule has 1 aliphatic rings. The first-order chi connectivity index (χ1) is 9.61. The molecule has 0 unspecified atom stereocenters. The predicted molar refractivity (Wildman–Crippen MR) is 78.9 cm³/mol. The molecule has 1 N–H and O–H groups in total. The van der Waals surface area contributed by atoms with Crippen LogP contribution in [0.2, 0.25) is 0 Å². The lowest BCUT2D eigenvalue weighted by Crippen LogP contribution is -2.48. The molecule has 1 aromatic rings. The van der Waals surface area contributed by atoms with E-state index in [0.717, 1.165) is 31.9 Å². The van der Waals surface area contributed by atoms with Crippen LogP contribution < -0.4 is 10.2 Å². The highest BCUT2D eigenvalue weighted by Gasteiger charge is 2.19. The van der Waals surface area contributed by atoms with E-state index >= 15 is 0 Å². The normalized spacial score (nSPS) is 15.1. The molecule has 0 spiro atoms. The average Bonchev–Trinajstić information content (AvgIpc) is 2.48. The summed E-state index contributed by atoms with van der Waals surface area (Å²) >= 11 is 0. The Morgan fingerprint density at radius 1 is 1.20 bits per heavy atom. The van der Waals surface area contributed by atoms with Crippen molar-refractivity contribution in [2.75, 3.05) is 37.6 Å². The van der Waals surface area contributed by atoms with Crippen LogP contribution >= 0.6 is 0 Å². The maximum Gasteiger partial charge on any atom is 0.251 e. The summed E-state index contributed by atoms with van der Waals surface area (Å²) in [6, 6.07) is 7.64. The lowest BCUT2D eigenvalue weighted by Gasteiger charge is -2.35. The third-order valence-electron chi connectivity index (χ3n) is 3.54. The Bertz CT molecular complexity index is 494. The standard InChI is InChI=1S/C15H21N3O2/c1-3-16-15(20)13-5-4-6-14(11-13)18-9-7-17(8-10-18)12(2)19/h4-6,11H,3,7-10H2,1-2H3,(H,16,20). The van der Waals surface area contributed by atoms with Crippen LogP contribution in [0.1, 0.15) is 24.2 Å². The largest absolute Gasteiger partial charge is 0.368 e. The van der Waals surface area contributed by atoms with Crippen LogP contribution in [0, 0.1) is 0 Å². The molecule has 2 amide bonds. The van der Waals surface area contributed by atoms with Gasteiger partial charge in [0.1, 0.15) is 0 Å². The fourth-order valence-electron chi connectivity index (χ4n) is 2.39. The van der Waals surface area contributed by atoms with E-state index in [2.05, 4.69) is 10.2 Å². The minimum Gasteiger partial charge on any atom is -0.368 e. The van der Waals surface area contributed by atoms with Crippen molar-refractivity contribution in [2.45, 2.75) is 13.8 Å². The molecular weight excluding hydrogens is 254 g/mol. The number of amides is 2. The summed E-state index contributed by atoms with van der Waals surface area (Å²) in [6.07, 6.45) is 0. The molecule has 0 atom stereocenters. The smallest absolute Gasteiger partial charge is 0.251 e. The van der Waals surface area contributed by atoms with Gasteiger partial charge in [0, 0.05) is 50.9 Å². The van der Waals surface area contributed by atoms with Crippen molar-refractivity contribution in [3.63, 3.8) is 0 Å². The molecule has 1 saturated heterocycles. The molecule has 1 fully saturated rings. The van der Waals surface area contributed by atoms with E-state index in [1.807, 2.05) is 36.1 Å². The number of carbonyl (C=O) groups excluding carboxylic acids is 2. The van der Waals surface area contributed by atoms with Crippen LogP contribution in [0.25, 0.3) is 0 Å². The molecule has 0 radical (unpaired) electrons. The van der Waals surface area contributed by atoms with E-state index in [1.54, 1.807) is 6.92 Å². The molecular formula is C15H21N3O2. The molecule has 5 heteroatoms. The van der Waals surface area contributed by atoms with Crippen molar-refractivity contribution < 1.29 is 9.59 Å². The van der Waals surface area contributed by atoms with Gasteiger partial charge in [-0.15, -0.1) is 0 Å². The second-order valence-corrected chi connectivity index (χ2v) is 4.90. The Morgan fingerprint density at radius 2 is 1.90 bits per heavy atom. The molecule has 1 aliphatic heterocycles. The highest BCUT2D eigenvalue weighted by atomic mass is 16.2. The van der Waals surface area contributed by atoms with E-state index in [-0.39, 0.29) is 11.8 Å². The molecule has 20 heavy (non-hydrogen) atoms. The monoisotopic (exact) mass is 275 g/mol. The summed E-state index contributed by atoms with van der Waals surface area (Å²) in [5.74, 6) is 0.0810. The molecule has 0 saturated carbocycles. The highest BCUT2D eigenvalue weighted by molar-refractivity contribution is 5.95. The number of rotatable bonds is 3. The number of benzene rings is 1. The Hall–Kier alpha value is -2.04. The fourth-order valence-corrected chi connectivity index (χ4v) is 2.39. The van der Waals surface area contributed by atoms with Crippen LogP contribution in [0.15, 0.2) is 24.3 Å². The number of hydrogen-bond acceptors (Lipinski definition) is 3. The Balaban J connectivity index is 2.05. The van der Waals surface area contributed by atoms with E-state index in [0.29, 0.717) is 12.1 Å². The van der Waals surface area contributed by atoms with Gasteiger partial charge in [-0.25, -0.2) is 0 Å². The Morgan fingerprint density at radius 3 is 2.50 bits per heavy atom. The van der Waals surface area contributed by atoms with Gasteiger partial charge in [0.25, 0.3) is 5.91 Å². The molecule has 5 nitrogen and oxygen atoms in total. The zero-order valence-corrected chi connectivity index (χ0v) is 12.1. The topological polar surface area (TPSA) is 52.7 Å². The zero-order chi connectivity index (χ0) is 14.5. The second kappa shape index (κ2) is 6.41. The summed E-state index contributed by atoms with van der Waals surface area (Å²) in [7, 11) is 0. The van der Waals surface area contributed by atoms with Crippen molar-refractivity contribution >= 4 is 17.5 Å². The van der Waals surface area contributed by atoms with Gasteiger partial charge >= 0.3 is 0 Å². The van der Waals surface area contributed by atoms with E-state index < -0.39 is 0 Å². The van der Waals surface area contributed by atoms with Crippen molar-refractivity contribution in [1.82, 2.24) is 10.2 Å². The summed E-state index contributed by atoms with van der Waals surface area (Å²) in [5, 5.41) is 2.80. The van der Waals surface area contributed by atoms with Crippen molar-refractivity contribution in [1.29, 1.82) is 0 Å². The van der Waals surface area contributed by atoms with Crippen molar-refractivity contribution in [3.05, 3.63) is 29.8 Å². The van der Waals surface area contributed by atoms with Gasteiger partial charge in [-0.05, 0) is 25.1 Å². The number of piperazine rings is 1.